The van der Waals surface area contributed by atoms with Crippen LogP contribution in [-0.2, 0) is 0 Å². The van der Waals surface area contributed by atoms with Gasteiger partial charge in [0.1, 0.15) is 0 Å². The molecule has 36 heteroatoms. The number of aliphatic hydroxyl groups is 36. The molecule has 0 bridgehead atoms. The zero-order valence-corrected chi connectivity index (χ0v) is 86.3. The van der Waals surface area contributed by atoms with Crippen LogP contribution in [0.5, 0.6) is 0 Å². The van der Waals surface area contributed by atoms with Crippen molar-refractivity contribution in [2.24, 2.45) is 52.3 Å². The van der Waals surface area contributed by atoms with E-state index in [4.69, 9.17) is 117 Å². The van der Waals surface area contributed by atoms with Crippen LogP contribution < -0.4 is 0 Å². The molecule has 0 aliphatic heterocycles. The lowest BCUT2D eigenvalue weighted by molar-refractivity contribution is -0.0375. The van der Waals surface area contributed by atoms with Gasteiger partial charge >= 0.3 is 0 Å². The van der Waals surface area contributed by atoms with Crippen LogP contribution in [0.3, 0.4) is 0 Å². The van der Waals surface area contributed by atoms with Crippen molar-refractivity contribution < 1.29 is 184 Å². The molecule has 36 nitrogen and oxygen atoms in total. The topological polar surface area (TPSA) is 728 Å². The summed E-state index contributed by atoms with van der Waals surface area (Å²) in [4.78, 5) is 0. The number of hydrogen-bond donors (Lipinski definition) is 36. The molecule has 0 saturated carbocycles. The molecule has 0 aromatic carbocycles. The van der Waals surface area contributed by atoms with Gasteiger partial charge in [-0.15, -0.1) is 0 Å². The molecule has 0 aliphatic carbocycles. The Bertz CT molecular complexity index is 2130. The zero-order valence-electron chi connectivity index (χ0n) is 86.3. The molecule has 132 heavy (non-hydrogen) atoms. The average Bonchev–Trinajstić information content (AvgIpc) is 0.863. The van der Waals surface area contributed by atoms with E-state index in [-0.39, 0.29) is 190 Å². The van der Waals surface area contributed by atoms with Gasteiger partial charge < -0.3 is 184 Å². The number of aliphatic hydroxyl groups excluding tert-OH is 33. The average molecular weight is 1950 g/mol. The van der Waals surface area contributed by atoms with E-state index in [1.807, 2.05) is 96.9 Å². The fraction of sp³-hybridized carbons (Fsp3) is 1.00. The second kappa shape index (κ2) is 101. The molecule has 0 spiro atoms. The van der Waals surface area contributed by atoms with Crippen molar-refractivity contribution in [3.63, 3.8) is 0 Å². The van der Waals surface area contributed by atoms with Crippen LogP contribution >= 0.6 is 0 Å². The van der Waals surface area contributed by atoms with Gasteiger partial charge in [0.25, 0.3) is 0 Å². The van der Waals surface area contributed by atoms with Crippen molar-refractivity contribution in [1.82, 2.24) is 0 Å². The first-order valence-corrected chi connectivity index (χ1v) is 48.7. The molecule has 0 radical (unpaired) electrons. The van der Waals surface area contributed by atoms with E-state index in [1.165, 1.54) is 13.8 Å². The fourth-order valence-electron chi connectivity index (χ4n) is 11.8. The minimum atomic E-state index is -1.13. The standard InChI is InChI=1S/12C8H18O3/c1-5(2)7(10)4-8(11)6(3)9;1-7(10)3-4-8(2,11)5-6-9;1-6(5-9)8(11)4-3-7(2)10;1-6(2)8(11)5-7(10)3-4-9;1-3-8(11)6(2)4-7(10)5-9;1-3-7(10)8(11)4-6(2)5-9;1-3-7(10)6-8(2,11)4-5-9;1-3-8(6-10,4-5-9)7(2)11;1-3-4-7(10)5-8(2,11)6-9;1-2-8(7-11,3-5-9)4-6-10;1-2-3-8(11)4-7(5-9)6-10;1-2-3-8(11)7(6-10)4-5-9/h5-11H,4H2,1-3H3;7,9-11H,3-6H2,1-2H3;4*6-11H,3-5H2,1-2H3;3*7,9-11H,3-6H2,1-2H3;9-11H,2-7H2,1H3;2*7-11H,2-6H2,1H3. The van der Waals surface area contributed by atoms with Crippen molar-refractivity contribution in [2.45, 2.75) is 459 Å². The molecule has 25 atom stereocenters. The predicted octanol–water partition coefficient (Wildman–Crippen LogP) is 2.08. The van der Waals surface area contributed by atoms with E-state index >= 15 is 0 Å². The largest absolute Gasteiger partial charge is 0.396 e. The summed E-state index contributed by atoms with van der Waals surface area (Å²) in [6.45, 7) is 39.3. The molecule has 0 aromatic heterocycles. The lowest BCUT2D eigenvalue weighted by Gasteiger charge is -2.32. The third-order valence-corrected chi connectivity index (χ3v) is 22.8. The van der Waals surface area contributed by atoms with E-state index in [0.29, 0.717) is 141 Å². The smallest absolute Gasteiger partial charge is 0.0874 e. The third-order valence-electron chi connectivity index (χ3n) is 22.8. The fourth-order valence-corrected chi connectivity index (χ4v) is 11.8. The Kier molecular flexibility index (Phi) is 119. The van der Waals surface area contributed by atoms with Crippen LogP contribution in [0.2, 0.25) is 0 Å². The summed E-state index contributed by atoms with van der Waals surface area (Å²) < 4.78 is 0. The monoisotopic (exact) mass is 1950 g/mol. The highest BCUT2D eigenvalue weighted by molar-refractivity contribution is 4.83. The summed E-state index contributed by atoms with van der Waals surface area (Å²) in [6.07, 6.45) is 7.11. The lowest BCUT2D eigenvalue weighted by atomic mass is 9.78. The molecule has 0 rings (SSSR count). The molecular weight excluding hydrogens is 1730 g/mol. The quantitative estimate of drug-likeness (QED) is 0.0414. The van der Waals surface area contributed by atoms with Crippen LogP contribution in [0.15, 0.2) is 0 Å². The van der Waals surface area contributed by atoms with Gasteiger partial charge in [-0.05, 0) is 225 Å². The Morgan fingerprint density at radius 1 is 0.258 bits per heavy atom. The normalized spacial score (nSPS) is 17.9. The third kappa shape index (κ3) is 104. The first kappa shape index (κ1) is 156. The van der Waals surface area contributed by atoms with E-state index in [2.05, 4.69) is 0 Å². The van der Waals surface area contributed by atoms with Crippen molar-refractivity contribution >= 4 is 0 Å². The zero-order chi connectivity index (χ0) is 106. The van der Waals surface area contributed by atoms with Gasteiger partial charge in [-0.2, -0.15) is 0 Å². The van der Waals surface area contributed by atoms with Gasteiger partial charge in [0, 0.05) is 128 Å². The van der Waals surface area contributed by atoms with Crippen LogP contribution in [0, 0.1) is 52.3 Å². The Labute approximate surface area is 797 Å². The summed E-state index contributed by atoms with van der Waals surface area (Å²) in [5.74, 6) is 0.0188. The Morgan fingerprint density at radius 3 is 1.01 bits per heavy atom. The van der Waals surface area contributed by atoms with Gasteiger partial charge in [-0.1, -0.05) is 123 Å². The summed E-state index contributed by atoms with van der Waals surface area (Å²) >= 11 is 0. The maximum atomic E-state index is 9.50. The molecule has 25 unspecified atom stereocenters. The highest BCUT2D eigenvalue weighted by Crippen LogP contribution is 2.31. The predicted molar refractivity (Wildman–Crippen MR) is 518 cm³/mol. The summed E-state index contributed by atoms with van der Waals surface area (Å²) in [5.41, 5.74) is -3.65. The second-order valence-electron chi connectivity index (χ2n) is 37.4. The molecule has 0 amide bonds. The summed E-state index contributed by atoms with van der Waals surface area (Å²) in [7, 11) is 0. The van der Waals surface area contributed by atoms with Crippen molar-refractivity contribution in [3.8, 4) is 0 Å². The van der Waals surface area contributed by atoms with Crippen molar-refractivity contribution in [2.75, 3.05) is 106 Å². The molecule has 0 saturated heterocycles. The second-order valence-corrected chi connectivity index (χ2v) is 37.4. The molecule has 0 aromatic rings. The molecule has 0 heterocycles. The van der Waals surface area contributed by atoms with Gasteiger partial charge in [-0.25, -0.2) is 0 Å². The van der Waals surface area contributed by atoms with Crippen LogP contribution in [0.25, 0.3) is 0 Å². The van der Waals surface area contributed by atoms with Gasteiger partial charge in [0.2, 0.25) is 0 Å². The van der Waals surface area contributed by atoms with Crippen LogP contribution in [0.1, 0.15) is 339 Å². The van der Waals surface area contributed by atoms with E-state index < -0.39 is 102 Å². The van der Waals surface area contributed by atoms with E-state index in [0.717, 1.165) is 32.1 Å². The molecule has 0 aliphatic rings. The molecule has 816 valence electrons. The Morgan fingerprint density at radius 2 is 0.689 bits per heavy atom. The highest BCUT2D eigenvalue weighted by Gasteiger charge is 2.33. The highest BCUT2D eigenvalue weighted by atomic mass is 16.4. The van der Waals surface area contributed by atoms with Gasteiger partial charge in [-0.3, -0.25) is 0 Å². The number of hydrogen-bond acceptors (Lipinski definition) is 36. The minimum Gasteiger partial charge on any atom is -0.396 e. The summed E-state index contributed by atoms with van der Waals surface area (Å²) in [6, 6.07) is 0. The minimum absolute atomic E-state index is 0.000968. The SMILES string of the molecule is CC(C)C(O)CC(O)C(C)O.CC(C)C(O)CC(O)CCO.CC(O)CCC(C)(O)CCO.CC(O)CCC(O)C(C)CO.CCC(CO)(CCO)C(C)O.CCC(CO)(CCO)CCO.CCC(O)C(C)CC(O)CO.CCC(O)C(O)CC(C)CO.CCC(O)CC(C)(O)CCO.CCCC(O)C(CO)CCO.CCCC(O)CC(C)(O)CO.CCCC(O)CC(CO)CO. The Hall–Kier alpha value is -1.44. The van der Waals surface area contributed by atoms with Crippen molar-refractivity contribution in [3.05, 3.63) is 0 Å². The molecule has 0 fully saturated rings. The Balaban J connectivity index is -0.000000119. The van der Waals surface area contributed by atoms with Crippen LogP contribution in [0.4, 0.5) is 0 Å². The van der Waals surface area contributed by atoms with E-state index in [9.17, 15) is 66.4 Å². The first-order chi connectivity index (χ1) is 61.2. The number of rotatable bonds is 62. The van der Waals surface area contributed by atoms with Crippen LogP contribution in [-0.4, -0.2) is 410 Å². The summed E-state index contributed by atoms with van der Waals surface area (Å²) in [5, 5.41) is 323. The lowest BCUT2D eigenvalue weighted by Crippen LogP contribution is -2.37. The van der Waals surface area contributed by atoms with Crippen molar-refractivity contribution in [1.29, 1.82) is 0 Å². The molecule has 36 N–H and O–H groups in total. The molecular formula is C96H216O36. The van der Waals surface area contributed by atoms with Gasteiger partial charge in [0.05, 0.1) is 140 Å². The maximum absolute atomic E-state index is 9.50. The van der Waals surface area contributed by atoms with Gasteiger partial charge in [0.15, 0.2) is 0 Å². The maximum Gasteiger partial charge on any atom is 0.0874 e. The first-order valence-electron chi connectivity index (χ1n) is 48.7. The van der Waals surface area contributed by atoms with E-state index in [1.54, 1.807) is 41.5 Å².